The average Bonchev–Trinajstić information content (AvgIpc) is 2.33. The third-order valence-electron chi connectivity index (χ3n) is 2.83. The van der Waals surface area contributed by atoms with Gasteiger partial charge in [0.25, 0.3) is 0 Å². The van der Waals surface area contributed by atoms with Crippen molar-refractivity contribution in [2.24, 2.45) is 5.92 Å². The van der Waals surface area contributed by atoms with E-state index in [9.17, 15) is 0 Å². The molecule has 1 nitrogen and oxygen atoms in total. The van der Waals surface area contributed by atoms with Crippen LogP contribution in [0, 0.1) is 19.8 Å². The molecule has 1 heteroatoms. The summed E-state index contributed by atoms with van der Waals surface area (Å²) in [4.78, 5) is 3.52. The molecule has 1 aromatic rings. The summed E-state index contributed by atoms with van der Waals surface area (Å²) in [6, 6.07) is 0. The lowest BCUT2D eigenvalue weighted by molar-refractivity contribution is 0.639. The molecule has 0 spiro atoms. The van der Waals surface area contributed by atoms with Crippen LogP contribution < -0.4 is 0 Å². The molecular weight excluding hydrogens is 170 g/mol. The fraction of sp³-hybridized carbons (Fsp3) is 0.692. The van der Waals surface area contributed by atoms with Crippen molar-refractivity contribution in [3.63, 3.8) is 0 Å². The van der Waals surface area contributed by atoms with E-state index in [1.165, 1.54) is 36.2 Å². The molecule has 1 heterocycles. The summed E-state index contributed by atoms with van der Waals surface area (Å²) in [5, 5.41) is 0. The van der Waals surface area contributed by atoms with Gasteiger partial charge in [0.05, 0.1) is 0 Å². The first kappa shape index (κ1) is 11.4. The maximum absolute atomic E-state index is 3.52. The largest absolute Gasteiger partial charge is 0.362 e. The molecule has 1 rings (SSSR count). The second-order valence-corrected chi connectivity index (χ2v) is 4.68. The van der Waals surface area contributed by atoms with Gasteiger partial charge in [0.1, 0.15) is 0 Å². The molecule has 80 valence electrons. The van der Waals surface area contributed by atoms with Gasteiger partial charge in [-0.25, -0.2) is 0 Å². The van der Waals surface area contributed by atoms with Crippen molar-refractivity contribution in [1.29, 1.82) is 0 Å². The number of aryl methyl sites for hydroxylation is 2. The van der Waals surface area contributed by atoms with E-state index in [4.69, 9.17) is 0 Å². The standard InChI is InChI=1S/C13H23N/c1-6-7-13-12(8-9(2)3)10(4)11(5)14-13/h9,14H,6-8H2,1-5H3. The van der Waals surface area contributed by atoms with Crippen LogP contribution in [0.3, 0.4) is 0 Å². The third kappa shape index (κ3) is 2.40. The molecule has 0 aliphatic heterocycles. The number of aromatic amines is 1. The van der Waals surface area contributed by atoms with E-state index >= 15 is 0 Å². The zero-order valence-electron chi connectivity index (χ0n) is 10.2. The maximum Gasteiger partial charge on any atom is 0.0184 e. The molecule has 0 aliphatic rings. The van der Waals surface area contributed by atoms with Crippen molar-refractivity contribution in [3.05, 3.63) is 22.5 Å². The van der Waals surface area contributed by atoms with Gasteiger partial charge in [0.15, 0.2) is 0 Å². The molecule has 0 aliphatic carbocycles. The lowest BCUT2D eigenvalue weighted by Gasteiger charge is -2.07. The summed E-state index contributed by atoms with van der Waals surface area (Å²) in [6.07, 6.45) is 3.63. The number of H-pyrrole nitrogens is 1. The molecule has 0 unspecified atom stereocenters. The van der Waals surface area contributed by atoms with E-state index in [-0.39, 0.29) is 0 Å². The predicted molar refractivity (Wildman–Crippen MR) is 62.8 cm³/mol. The molecule has 0 saturated carbocycles. The minimum Gasteiger partial charge on any atom is -0.362 e. The Labute approximate surface area is 87.9 Å². The number of hydrogen-bond donors (Lipinski definition) is 1. The fourth-order valence-corrected chi connectivity index (χ4v) is 2.00. The fourth-order valence-electron chi connectivity index (χ4n) is 2.00. The Kier molecular flexibility index (Phi) is 3.79. The quantitative estimate of drug-likeness (QED) is 0.749. The normalized spacial score (nSPS) is 11.3. The minimum atomic E-state index is 0.750. The first-order chi connectivity index (χ1) is 6.56. The van der Waals surface area contributed by atoms with Crippen LogP contribution >= 0.6 is 0 Å². The summed E-state index contributed by atoms with van der Waals surface area (Å²) in [7, 11) is 0. The van der Waals surface area contributed by atoms with Gasteiger partial charge in [-0.15, -0.1) is 0 Å². The minimum absolute atomic E-state index is 0.750. The van der Waals surface area contributed by atoms with Gasteiger partial charge in [-0.3, -0.25) is 0 Å². The lowest BCUT2D eigenvalue weighted by atomic mass is 9.98. The van der Waals surface area contributed by atoms with Crippen molar-refractivity contribution in [3.8, 4) is 0 Å². The molecule has 1 N–H and O–H groups in total. The number of rotatable bonds is 4. The summed E-state index contributed by atoms with van der Waals surface area (Å²) in [5.41, 5.74) is 5.86. The van der Waals surface area contributed by atoms with E-state index in [1.807, 2.05) is 0 Å². The summed E-state index contributed by atoms with van der Waals surface area (Å²) in [6.45, 7) is 11.2. The van der Waals surface area contributed by atoms with Crippen LogP contribution in [0.2, 0.25) is 0 Å². The Bertz CT molecular complexity index is 294. The highest BCUT2D eigenvalue weighted by atomic mass is 14.7. The molecule has 0 bridgehead atoms. The van der Waals surface area contributed by atoms with E-state index in [0.717, 1.165) is 5.92 Å². The van der Waals surface area contributed by atoms with Crippen LogP contribution in [0.15, 0.2) is 0 Å². The van der Waals surface area contributed by atoms with Gasteiger partial charge >= 0.3 is 0 Å². The Hall–Kier alpha value is -0.720. The highest BCUT2D eigenvalue weighted by molar-refractivity contribution is 5.35. The van der Waals surface area contributed by atoms with Gasteiger partial charge in [-0.2, -0.15) is 0 Å². The van der Waals surface area contributed by atoms with Crippen molar-refractivity contribution in [2.45, 2.75) is 53.9 Å². The van der Waals surface area contributed by atoms with Crippen LogP contribution in [0.5, 0.6) is 0 Å². The molecule has 1 aromatic heterocycles. The predicted octanol–water partition coefficient (Wildman–Crippen LogP) is 3.78. The Morgan fingerprint density at radius 1 is 1.21 bits per heavy atom. The maximum atomic E-state index is 3.52. The van der Waals surface area contributed by atoms with Gasteiger partial charge in [0.2, 0.25) is 0 Å². The average molecular weight is 193 g/mol. The smallest absolute Gasteiger partial charge is 0.0184 e. The SMILES string of the molecule is CCCc1[nH]c(C)c(C)c1CC(C)C. The molecule has 14 heavy (non-hydrogen) atoms. The van der Waals surface area contributed by atoms with Crippen LogP contribution in [0.1, 0.15) is 49.7 Å². The highest BCUT2D eigenvalue weighted by Gasteiger charge is 2.11. The lowest BCUT2D eigenvalue weighted by Crippen LogP contribution is -1.98. The van der Waals surface area contributed by atoms with Crippen LogP contribution in [-0.4, -0.2) is 4.98 Å². The molecule has 0 amide bonds. The summed E-state index contributed by atoms with van der Waals surface area (Å²) >= 11 is 0. The van der Waals surface area contributed by atoms with Gasteiger partial charge in [-0.1, -0.05) is 27.2 Å². The molecule has 0 saturated heterocycles. The second kappa shape index (κ2) is 4.68. The summed E-state index contributed by atoms with van der Waals surface area (Å²) in [5.74, 6) is 0.750. The van der Waals surface area contributed by atoms with Gasteiger partial charge in [-0.05, 0) is 43.7 Å². The first-order valence-corrected chi connectivity index (χ1v) is 5.73. The van der Waals surface area contributed by atoms with E-state index in [2.05, 4.69) is 39.6 Å². The molecule has 0 atom stereocenters. The van der Waals surface area contributed by atoms with Crippen LogP contribution in [0.4, 0.5) is 0 Å². The van der Waals surface area contributed by atoms with E-state index in [1.54, 1.807) is 5.56 Å². The Morgan fingerprint density at radius 2 is 1.86 bits per heavy atom. The number of hydrogen-bond acceptors (Lipinski definition) is 0. The highest BCUT2D eigenvalue weighted by Crippen LogP contribution is 2.22. The van der Waals surface area contributed by atoms with Crippen molar-refractivity contribution < 1.29 is 0 Å². The van der Waals surface area contributed by atoms with Crippen molar-refractivity contribution >= 4 is 0 Å². The first-order valence-electron chi connectivity index (χ1n) is 5.73. The Morgan fingerprint density at radius 3 is 2.36 bits per heavy atom. The van der Waals surface area contributed by atoms with Crippen molar-refractivity contribution in [1.82, 2.24) is 4.98 Å². The molecule has 0 aromatic carbocycles. The van der Waals surface area contributed by atoms with Gasteiger partial charge < -0.3 is 4.98 Å². The number of aromatic nitrogens is 1. The second-order valence-electron chi connectivity index (χ2n) is 4.68. The summed E-state index contributed by atoms with van der Waals surface area (Å²) < 4.78 is 0. The third-order valence-corrected chi connectivity index (χ3v) is 2.83. The van der Waals surface area contributed by atoms with Crippen LogP contribution in [0.25, 0.3) is 0 Å². The molecular formula is C13H23N. The topological polar surface area (TPSA) is 15.8 Å². The van der Waals surface area contributed by atoms with E-state index < -0.39 is 0 Å². The zero-order valence-corrected chi connectivity index (χ0v) is 10.2. The molecule has 0 fully saturated rings. The van der Waals surface area contributed by atoms with E-state index in [0.29, 0.717) is 0 Å². The monoisotopic (exact) mass is 193 g/mol. The zero-order chi connectivity index (χ0) is 10.7. The van der Waals surface area contributed by atoms with Crippen molar-refractivity contribution in [2.75, 3.05) is 0 Å². The Balaban J connectivity index is 2.97. The molecule has 0 radical (unpaired) electrons. The van der Waals surface area contributed by atoms with Crippen LogP contribution in [-0.2, 0) is 12.8 Å². The van der Waals surface area contributed by atoms with Gasteiger partial charge in [0, 0.05) is 11.4 Å². The number of nitrogens with one attached hydrogen (secondary N) is 1.